The van der Waals surface area contributed by atoms with E-state index in [0.717, 1.165) is 38.5 Å². The molecule has 0 aromatic heterocycles. The summed E-state index contributed by atoms with van der Waals surface area (Å²) in [5, 5.41) is 10.3. The van der Waals surface area contributed by atoms with E-state index in [1.807, 2.05) is 0 Å². The Bertz CT molecular complexity index is 148. The Morgan fingerprint density at radius 2 is 1.69 bits per heavy atom. The Labute approximate surface area is 81.5 Å². The number of nitrogens with two attached hydrogens (primary N) is 1. The Balaban J connectivity index is 2.58. The van der Waals surface area contributed by atoms with Crippen molar-refractivity contribution in [3.63, 3.8) is 0 Å². The average molecular weight is 185 g/mol. The molecule has 0 heterocycles. The van der Waals surface area contributed by atoms with Gasteiger partial charge in [0.25, 0.3) is 0 Å². The molecule has 2 heteroatoms. The molecule has 2 nitrogen and oxygen atoms in total. The smallest absolute Gasteiger partial charge is 0.0800 e. The molecule has 0 radical (unpaired) electrons. The van der Waals surface area contributed by atoms with Gasteiger partial charge in [-0.05, 0) is 18.8 Å². The minimum atomic E-state index is -0.545. The van der Waals surface area contributed by atoms with Crippen LogP contribution in [-0.2, 0) is 0 Å². The molecule has 0 bridgehead atoms. The Morgan fingerprint density at radius 1 is 1.23 bits per heavy atom. The van der Waals surface area contributed by atoms with Crippen LogP contribution in [0.25, 0.3) is 0 Å². The van der Waals surface area contributed by atoms with Crippen LogP contribution in [0.2, 0.25) is 0 Å². The molecule has 0 aromatic rings. The molecule has 1 aliphatic carbocycles. The lowest BCUT2D eigenvalue weighted by Crippen LogP contribution is -2.50. The topological polar surface area (TPSA) is 46.2 Å². The molecule has 3 N–H and O–H groups in total. The van der Waals surface area contributed by atoms with Crippen molar-refractivity contribution in [3.8, 4) is 0 Å². The number of rotatable bonds is 4. The zero-order chi connectivity index (χ0) is 9.90. The Kier molecular flexibility index (Phi) is 3.74. The van der Waals surface area contributed by atoms with Gasteiger partial charge in [-0.15, -0.1) is 0 Å². The number of aliphatic hydroxyl groups is 1. The molecule has 1 aliphatic rings. The molecule has 1 fully saturated rings. The van der Waals surface area contributed by atoms with Crippen molar-refractivity contribution in [2.24, 2.45) is 11.7 Å². The fourth-order valence-corrected chi connectivity index (χ4v) is 2.56. The SMILES string of the molecule is CCC(CC)C(N)C1(O)CCCC1. The molecule has 1 saturated carbocycles. The van der Waals surface area contributed by atoms with Gasteiger partial charge >= 0.3 is 0 Å². The van der Waals surface area contributed by atoms with Crippen molar-refractivity contribution in [1.82, 2.24) is 0 Å². The van der Waals surface area contributed by atoms with Crippen molar-refractivity contribution in [2.75, 3.05) is 0 Å². The van der Waals surface area contributed by atoms with E-state index in [9.17, 15) is 5.11 Å². The first-order valence-corrected chi connectivity index (χ1v) is 5.62. The lowest BCUT2D eigenvalue weighted by Gasteiger charge is -2.34. The van der Waals surface area contributed by atoms with Gasteiger partial charge in [-0.25, -0.2) is 0 Å². The highest BCUT2D eigenvalue weighted by molar-refractivity contribution is 4.96. The minimum absolute atomic E-state index is 0.00926. The number of hydrogen-bond donors (Lipinski definition) is 2. The van der Waals surface area contributed by atoms with Gasteiger partial charge in [-0.1, -0.05) is 39.5 Å². The van der Waals surface area contributed by atoms with Gasteiger partial charge in [0.2, 0.25) is 0 Å². The van der Waals surface area contributed by atoms with Gasteiger partial charge in [0.05, 0.1) is 5.60 Å². The summed E-state index contributed by atoms with van der Waals surface area (Å²) in [5.41, 5.74) is 5.58. The summed E-state index contributed by atoms with van der Waals surface area (Å²) in [6.45, 7) is 4.32. The van der Waals surface area contributed by atoms with E-state index < -0.39 is 5.60 Å². The third-order valence-corrected chi connectivity index (χ3v) is 3.65. The van der Waals surface area contributed by atoms with Gasteiger partial charge in [-0.2, -0.15) is 0 Å². The Hall–Kier alpha value is -0.0800. The monoisotopic (exact) mass is 185 g/mol. The van der Waals surface area contributed by atoms with Gasteiger partial charge in [0.1, 0.15) is 0 Å². The molecular weight excluding hydrogens is 162 g/mol. The van der Waals surface area contributed by atoms with Gasteiger partial charge in [0, 0.05) is 6.04 Å². The highest BCUT2D eigenvalue weighted by Crippen LogP contribution is 2.35. The lowest BCUT2D eigenvalue weighted by atomic mass is 9.81. The van der Waals surface area contributed by atoms with E-state index in [4.69, 9.17) is 5.73 Å². The van der Waals surface area contributed by atoms with Crippen molar-refractivity contribution in [3.05, 3.63) is 0 Å². The molecular formula is C11H23NO. The first-order chi connectivity index (χ1) is 6.14. The number of hydrogen-bond acceptors (Lipinski definition) is 2. The maximum absolute atomic E-state index is 10.3. The van der Waals surface area contributed by atoms with Gasteiger partial charge in [-0.3, -0.25) is 0 Å². The van der Waals surface area contributed by atoms with E-state index in [0.29, 0.717) is 5.92 Å². The van der Waals surface area contributed by atoms with E-state index >= 15 is 0 Å². The second-order valence-corrected chi connectivity index (χ2v) is 4.41. The van der Waals surface area contributed by atoms with E-state index in [1.165, 1.54) is 0 Å². The van der Waals surface area contributed by atoms with Crippen LogP contribution in [0.4, 0.5) is 0 Å². The molecule has 0 aliphatic heterocycles. The van der Waals surface area contributed by atoms with Crippen LogP contribution >= 0.6 is 0 Å². The maximum atomic E-state index is 10.3. The third kappa shape index (κ3) is 2.23. The molecule has 1 atom stereocenters. The quantitative estimate of drug-likeness (QED) is 0.704. The molecule has 1 unspecified atom stereocenters. The molecule has 0 aromatic carbocycles. The van der Waals surface area contributed by atoms with Crippen LogP contribution in [0.3, 0.4) is 0 Å². The Morgan fingerprint density at radius 3 is 2.08 bits per heavy atom. The standard InChI is InChI=1S/C11H23NO/c1-3-9(4-2)10(12)11(13)7-5-6-8-11/h9-10,13H,3-8,12H2,1-2H3. The third-order valence-electron chi connectivity index (χ3n) is 3.65. The highest BCUT2D eigenvalue weighted by atomic mass is 16.3. The van der Waals surface area contributed by atoms with Crippen LogP contribution < -0.4 is 5.73 Å². The van der Waals surface area contributed by atoms with Crippen molar-refractivity contribution < 1.29 is 5.11 Å². The molecule has 78 valence electrons. The first kappa shape index (κ1) is 11.0. The van der Waals surface area contributed by atoms with E-state index in [1.54, 1.807) is 0 Å². The summed E-state index contributed by atoms with van der Waals surface area (Å²) in [6, 6.07) is -0.00926. The van der Waals surface area contributed by atoms with Crippen LogP contribution in [-0.4, -0.2) is 16.7 Å². The predicted octanol–water partition coefficient (Wildman–Crippen LogP) is 2.05. The normalized spacial score (nSPS) is 23.8. The van der Waals surface area contributed by atoms with Crippen LogP contribution in [0.5, 0.6) is 0 Å². The molecule has 0 saturated heterocycles. The highest BCUT2D eigenvalue weighted by Gasteiger charge is 2.39. The second kappa shape index (κ2) is 4.43. The molecule has 0 spiro atoms. The summed E-state index contributed by atoms with van der Waals surface area (Å²) >= 11 is 0. The average Bonchev–Trinajstić information content (AvgIpc) is 2.55. The van der Waals surface area contributed by atoms with Crippen molar-refractivity contribution in [2.45, 2.75) is 64.0 Å². The van der Waals surface area contributed by atoms with Crippen molar-refractivity contribution >= 4 is 0 Å². The summed E-state index contributed by atoms with van der Waals surface area (Å²) in [7, 11) is 0. The summed E-state index contributed by atoms with van der Waals surface area (Å²) in [6.07, 6.45) is 6.27. The molecule has 1 rings (SSSR count). The zero-order valence-electron chi connectivity index (χ0n) is 8.92. The summed E-state index contributed by atoms with van der Waals surface area (Å²) in [4.78, 5) is 0. The molecule has 0 amide bonds. The summed E-state index contributed by atoms with van der Waals surface area (Å²) < 4.78 is 0. The maximum Gasteiger partial charge on any atom is 0.0800 e. The van der Waals surface area contributed by atoms with E-state index in [2.05, 4.69) is 13.8 Å². The van der Waals surface area contributed by atoms with Gasteiger partial charge in [0.15, 0.2) is 0 Å². The largest absolute Gasteiger partial charge is 0.388 e. The van der Waals surface area contributed by atoms with Crippen LogP contribution in [0.1, 0.15) is 52.4 Å². The predicted molar refractivity (Wildman–Crippen MR) is 55.5 cm³/mol. The lowest BCUT2D eigenvalue weighted by molar-refractivity contribution is 0.0000130. The minimum Gasteiger partial charge on any atom is -0.388 e. The molecule has 13 heavy (non-hydrogen) atoms. The second-order valence-electron chi connectivity index (χ2n) is 4.41. The fourth-order valence-electron chi connectivity index (χ4n) is 2.56. The fraction of sp³-hybridized carbons (Fsp3) is 1.00. The summed E-state index contributed by atoms with van der Waals surface area (Å²) in [5.74, 6) is 0.489. The van der Waals surface area contributed by atoms with Crippen LogP contribution in [0, 0.1) is 5.92 Å². The first-order valence-electron chi connectivity index (χ1n) is 5.62. The van der Waals surface area contributed by atoms with Crippen molar-refractivity contribution in [1.29, 1.82) is 0 Å². The van der Waals surface area contributed by atoms with Crippen LogP contribution in [0.15, 0.2) is 0 Å². The van der Waals surface area contributed by atoms with E-state index in [-0.39, 0.29) is 6.04 Å². The zero-order valence-corrected chi connectivity index (χ0v) is 8.92. The van der Waals surface area contributed by atoms with Gasteiger partial charge < -0.3 is 10.8 Å².